The van der Waals surface area contributed by atoms with Crippen LogP contribution in [0.1, 0.15) is 19.8 Å². The minimum absolute atomic E-state index is 0.218. The van der Waals surface area contributed by atoms with Crippen LogP contribution in [0.5, 0.6) is 0 Å². The first-order chi connectivity index (χ1) is 8.35. The van der Waals surface area contributed by atoms with E-state index in [4.69, 9.17) is 9.84 Å². The summed E-state index contributed by atoms with van der Waals surface area (Å²) in [7, 11) is 3.77. The molecule has 1 fully saturated rings. The van der Waals surface area contributed by atoms with Crippen molar-refractivity contribution in [2.75, 3.05) is 40.3 Å². The molecule has 1 aliphatic heterocycles. The number of rotatable bonds is 6. The maximum Gasteiger partial charge on any atom is 0.323 e. The predicted molar refractivity (Wildman–Crippen MR) is 66.4 cm³/mol. The number of nitrogens with zero attached hydrogens (tertiary/aromatic N) is 2. The predicted octanol–water partition coefficient (Wildman–Crippen LogP) is 0.0303. The molecule has 104 valence electrons. The Balaban J connectivity index is 2.68. The van der Waals surface area contributed by atoms with Gasteiger partial charge in [-0.05, 0) is 33.9 Å². The summed E-state index contributed by atoms with van der Waals surface area (Å²) < 4.78 is 5.47. The first-order valence-electron chi connectivity index (χ1n) is 6.15. The molecule has 1 atom stereocenters. The number of likely N-dealkylation sites (N-methyl/N-ethyl adjacent to an activating group) is 1. The monoisotopic (exact) mass is 258 g/mol. The molecule has 6 nitrogen and oxygen atoms in total. The lowest BCUT2D eigenvalue weighted by Crippen LogP contribution is -2.50. The highest BCUT2D eigenvalue weighted by atomic mass is 16.5. The van der Waals surface area contributed by atoms with Crippen molar-refractivity contribution in [3.05, 3.63) is 0 Å². The summed E-state index contributed by atoms with van der Waals surface area (Å²) in [6.45, 7) is 3.07. The molecule has 0 spiro atoms. The van der Waals surface area contributed by atoms with Gasteiger partial charge in [0.05, 0.1) is 0 Å². The number of carbonyl (C=O) groups excluding carboxylic acids is 1. The van der Waals surface area contributed by atoms with Gasteiger partial charge in [0.25, 0.3) is 5.91 Å². The third-order valence-corrected chi connectivity index (χ3v) is 3.10. The van der Waals surface area contributed by atoms with E-state index >= 15 is 0 Å². The number of amides is 1. The Morgan fingerprint density at radius 3 is 2.44 bits per heavy atom. The highest BCUT2D eigenvalue weighted by Gasteiger charge is 2.40. The second-order valence-electron chi connectivity index (χ2n) is 5.11. The van der Waals surface area contributed by atoms with Gasteiger partial charge in [0.2, 0.25) is 0 Å². The zero-order chi connectivity index (χ0) is 13.8. The average Bonchev–Trinajstić information content (AvgIpc) is 2.71. The van der Waals surface area contributed by atoms with Crippen LogP contribution < -0.4 is 0 Å². The second-order valence-corrected chi connectivity index (χ2v) is 5.11. The molecule has 0 radical (unpaired) electrons. The number of carbonyl (C=O) groups is 2. The van der Waals surface area contributed by atoms with Gasteiger partial charge < -0.3 is 19.6 Å². The van der Waals surface area contributed by atoms with Gasteiger partial charge in [-0.1, -0.05) is 0 Å². The summed E-state index contributed by atoms with van der Waals surface area (Å²) in [5.74, 6) is -1.21. The maximum absolute atomic E-state index is 12.3. The van der Waals surface area contributed by atoms with E-state index in [1.807, 2.05) is 19.0 Å². The Bertz CT molecular complexity index is 311. The van der Waals surface area contributed by atoms with Crippen LogP contribution in [-0.2, 0) is 14.3 Å². The molecule has 1 heterocycles. The number of carboxylic acid groups (broad SMARTS) is 1. The van der Waals surface area contributed by atoms with Gasteiger partial charge in [-0.15, -0.1) is 0 Å². The topological polar surface area (TPSA) is 70.1 Å². The Morgan fingerprint density at radius 2 is 2.00 bits per heavy atom. The number of ether oxygens (including phenoxy) is 1. The summed E-state index contributed by atoms with van der Waals surface area (Å²) >= 11 is 0. The molecule has 1 amide bonds. The molecular weight excluding hydrogens is 236 g/mol. The minimum atomic E-state index is -0.997. The van der Waals surface area contributed by atoms with Gasteiger partial charge in [0, 0.05) is 19.7 Å². The van der Waals surface area contributed by atoms with Gasteiger partial charge in [-0.3, -0.25) is 9.59 Å². The van der Waals surface area contributed by atoms with Crippen LogP contribution in [0, 0.1) is 0 Å². The van der Waals surface area contributed by atoms with Crippen LogP contribution in [0.15, 0.2) is 0 Å². The van der Waals surface area contributed by atoms with E-state index in [0.717, 1.165) is 6.42 Å². The molecule has 18 heavy (non-hydrogen) atoms. The summed E-state index contributed by atoms with van der Waals surface area (Å²) in [6.07, 6.45) is 1.50. The van der Waals surface area contributed by atoms with E-state index in [1.54, 1.807) is 6.92 Å². The third kappa shape index (κ3) is 3.96. The lowest BCUT2D eigenvalue weighted by molar-refractivity contribution is -0.156. The maximum atomic E-state index is 12.3. The fourth-order valence-electron chi connectivity index (χ4n) is 2.02. The van der Waals surface area contributed by atoms with Crippen molar-refractivity contribution in [3.63, 3.8) is 0 Å². The van der Waals surface area contributed by atoms with Gasteiger partial charge in [-0.25, -0.2) is 0 Å². The van der Waals surface area contributed by atoms with E-state index in [0.29, 0.717) is 26.1 Å². The highest BCUT2D eigenvalue weighted by Crippen LogP contribution is 2.27. The molecule has 0 aromatic heterocycles. The van der Waals surface area contributed by atoms with E-state index in [2.05, 4.69) is 0 Å². The lowest BCUT2D eigenvalue weighted by atomic mass is 10.0. The zero-order valence-electron chi connectivity index (χ0n) is 11.3. The fourth-order valence-corrected chi connectivity index (χ4v) is 2.02. The van der Waals surface area contributed by atoms with Crippen molar-refractivity contribution in [3.8, 4) is 0 Å². The summed E-state index contributed by atoms with van der Waals surface area (Å²) in [4.78, 5) is 26.4. The number of hydrogen-bond acceptors (Lipinski definition) is 4. The van der Waals surface area contributed by atoms with E-state index < -0.39 is 11.6 Å². The molecule has 1 saturated heterocycles. The molecule has 0 aromatic rings. The first kappa shape index (κ1) is 14.9. The standard InChI is InChI=1S/C12H22N2O4/c1-12(5-4-8-18-12)11(17)14(9-10(15)16)7-6-13(2)3/h4-9H2,1-3H3,(H,15,16). The van der Waals surface area contributed by atoms with Gasteiger partial charge in [-0.2, -0.15) is 0 Å². The van der Waals surface area contributed by atoms with E-state index in [1.165, 1.54) is 4.90 Å². The Morgan fingerprint density at radius 1 is 1.33 bits per heavy atom. The smallest absolute Gasteiger partial charge is 0.323 e. The number of aliphatic carboxylic acids is 1. The largest absolute Gasteiger partial charge is 0.480 e. The molecular formula is C12H22N2O4. The zero-order valence-corrected chi connectivity index (χ0v) is 11.3. The molecule has 0 aromatic carbocycles. The van der Waals surface area contributed by atoms with Crippen LogP contribution in [0.25, 0.3) is 0 Å². The second kappa shape index (κ2) is 6.15. The lowest BCUT2D eigenvalue weighted by Gasteiger charge is -2.30. The van der Waals surface area contributed by atoms with Crippen molar-refractivity contribution < 1.29 is 19.4 Å². The molecule has 1 rings (SSSR count). The quantitative estimate of drug-likeness (QED) is 0.728. The first-order valence-corrected chi connectivity index (χ1v) is 6.15. The number of hydrogen-bond donors (Lipinski definition) is 1. The van der Waals surface area contributed by atoms with Crippen molar-refractivity contribution in [2.45, 2.75) is 25.4 Å². The van der Waals surface area contributed by atoms with Gasteiger partial charge in [0.15, 0.2) is 0 Å². The van der Waals surface area contributed by atoms with Gasteiger partial charge >= 0.3 is 5.97 Å². The third-order valence-electron chi connectivity index (χ3n) is 3.10. The summed E-state index contributed by atoms with van der Waals surface area (Å²) in [5.41, 5.74) is -0.845. The van der Waals surface area contributed by atoms with Crippen molar-refractivity contribution in [1.29, 1.82) is 0 Å². The fraction of sp³-hybridized carbons (Fsp3) is 0.833. The van der Waals surface area contributed by atoms with Crippen molar-refractivity contribution in [1.82, 2.24) is 9.80 Å². The van der Waals surface area contributed by atoms with Crippen molar-refractivity contribution in [2.24, 2.45) is 0 Å². The number of carboxylic acids is 1. The Hall–Kier alpha value is -1.14. The summed E-state index contributed by atoms with van der Waals surface area (Å²) in [5, 5.41) is 8.88. The SMILES string of the molecule is CN(C)CCN(CC(=O)O)C(=O)C1(C)CCCO1. The molecule has 0 aliphatic carbocycles. The molecule has 6 heteroatoms. The van der Waals surface area contributed by atoms with Crippen LogP contribution in [0.4, 0.5) is 0 Å². The van der Waals surface area contributed by atoms with Crippen LogP contribution in [-0.4, -0.2) is 72.7 Å². The highest BCUT2D eigenvalue weighted by molar-refractivity contribution is 5.88. The molecule has 0 bridgehead atoms. The molecule has 0 saturated carbocycles. The molecule has 1 N–H and O–H groups in total. The van der Waals surface area contributed by atoms with Crippen LogP contribution in [0.3, 0.4) is 0 Å². The minimum Gasteiger partial charge on any atom is -0.480 e. The Kier molecular flexibility index (Phi) is 5.10. The average molecular weight is 258 g/mol. The van der Waals surface area contributed by atoms with Crippen LogP contribution in [0.2, 0.25) is 0 Å². The van der Waals surface area contributed by atoms with E-state index in [9.17, 15) is 9.59 Å². The van der Waals surface area contributed by atoms with Gasteiger partial charge in [0.1, 0.15) is 12.1 Å². The molecule has 1 aliphatic rings. The van der Waals surface area contributed by atoms with Crippen LogP contribution >= 0.6 is 0 Å². The summed E-state index contributed by atoms with van der Waals surface area (Å²) in [6, 6.07) is 0. The van der Waals surface area contributed by atoms with E-state index in [-0.39, 0.29) is 12.5 Å². The van der Waals surface area contributed by atoms with Crippen molar-refractivity contribution >= 4 is 11.9 Å². The molecule has 1 unspecified atom stereocenters. The Labute approximate surface area is 107 Å². The normalized spacial score (nSPS) is 23.3.